The molecule has 1 fully saturated rings. The number of benzene rings is 1. The van der Waals surface area contributed by atoms with Crippen LogP contribution in [0.5, 0.6) is 5.75 Å². The third-order valence-corrected chi connectivity index (χ3v) is 3.29. The van der Waals surface area contributed by atoms with Crippen molar-refractivity contribution < 1.29 is 4.74 Å². The number of nitrogens with zero attached hydrogens (tertiary/aromatic N) is 2. The summed E-state index contributed by atoms with van der Waals surface area (Å²) >= 11 is 0. The average Bonchev–Trinajstić information content (AvgIpc) is 3.20. The number of methoxy groups -OCH3 is 1. The molecule has 4 nitrogen and oxygen atoms in total. The molecule has 0 spiro atoms. The van der Waals surface area contributed by atoms with Crippen molar-refractivity contribution in [3.05, 3.63) is 48.3 Å². The van der Waals surface area contributed by atoms with Gasteiger partial charge in [0.15, 0.2) is 0 Å². The van der Waals surface area contributed by atoms with E-state index in [0.717, 1.165) is 18.6 Å². The van der Waals surface area contributed by atoms with Crippen LogP contribution in [0.4, 0.5) is 5.95 Å². The van der Waals surface area contributed by atoms with Crippen LogP contribution in [0.15, 0.2) is 42.7 Å². The van der Waals surface area contributed by atoms with Crippen LogP contribution in [-0.4, -0.2) is 17.1 Å². The maximum atomic E-state index is 5.43. The van der Waals surface area contributed by atoms with Gasteiger partial charge in [-0.1, -0.05) is 18.2 Å². The number of ether oxygens (including phenoxy) is 1. The molecule has 1 saturated carbocycles. The first-order chi connectivity index (χ1) is 8.84. The summed E-state index contributed by atoms with van der Waals surface area (Å²) in [6.45, 7) is 0. The van der Waals surface area contributed by atoms with Crippen LogP contribution in [0, 0.1) is 0 Å². The van der Waals surface area contributed by atoms with Gasteiger partial charge in [0.25, 0.3) is 0 Å². The zero-order valence-electron chi connectivity index (χ0n) is 10.3. The lowest BCUT2D eigenvalue weighted by atomic mass is 10.0. The molecule has 1 heterocycles. The third-order valence-electron chi connectivity index (χ3n) is 3.29. The van der Waals surface area contributed by atoms with Crippen molar-refractivity contribution in [1.82, 2.24) is 9.97 Å². The Labute approximate surface area is 106 Å². The normalized spacial score (nSPS) is 16.1. The molecular formula is C14H15N3O. The fraction of sp³-hybridized carbons (Fsp3) is 0.286. The van der Waals surface area contributed by atoms with E-state index in [1.807, 2.05) is 24.3 Å². The molecule has 18 heavy (non-hydrogen) atoms. The molecule has 0 amide bonds. The van der Waals surface area contributed by atoms with Crippen molar-refractivity contribution in [2.24, 2.45) is 0 Å². The molecule has 1 aliphatic carbocycles. The Morgan fingerprint density at radius 3 is 2.50 bits per heavy atom. The minimum Gasteiger partial charge on any atom is -0.496 e. The molecular weight excluding hydrogens is 226 g/mol. The third kappa shape index (κ3) is 1.90. The molecule has 0 bridgehead atoms. The standard InChI is InChI=1S/C14H15N3O/c1-18-12-6-3-2-5-11(12)14(7-8-14)17-13-15-9-4-10-16-13/h2-6,9-10H,7-8H2,1H3,(H,15,16,17). The van der Waals surface area contributed by atoms with Crippen molar-refractivity contribution in [1.29, 1.82) is 0 Å². The summed E-state index contributed by atoms with van der Waals surface area (Å²) in [7, 11) is 1.70. The Kier molecular flexibility index (Phi) is 2.63. The second kappa shape index (κ2) is 4.29. The van der Waals surface area contributed by atoms with Gasteiger partial charge in [-0.2, -0.15) is 0 Å². The Balaban J connectivity index is 1.91. The van der Waals surface area contributed by atoms with E-state index in [0.29, 0.717) is 5.95 Å². The van der Waals surface area contributed by atoms with E-state index in [-0.39, 0.29) is 5.54 Å². The van der Waals surface area contributed by atoms with Crippen LogP contribution in [0.2, 0.25) is 0 Å². The molecule has 0 aliphatic heterocycles. The largest absolute Gasteiger partial charge is 0.496 e. The number of aromatic nitrogens is 2. The van der Waals surface area contributed by atoms with Crippen molar-refractivity contribution >= 4 is 5.95 Å². The van der Waals surface area contributed by atoms with E-state index in [9.17, 15) is 0 Å². The summed E-state index contributed by atoms with van der Waals surface area (Å²) in [5.74, 6) is 1.58. The number of hydrogen-bond acceptors (Lipinski definition) is 4. The van der Waals surface area contributed by atoms with Gasteiger partial charge in [-0.05, 0) is 25.0 Å². The second-order valence-corrected chi connectivity index (χ2v) is 4.48. The molecule has 0 radical (unpaired) electrons. The fourth-order valence-corrected chi connectivity index (χ4v) is 2.20. The van der Waals surface area contributed by atoms with Crippen LogP contribution >= 0.6 is 0 Å². The molecule has 1 aromatic carbocycles. The van der Waals surface area contributed by atoms with Gasteiger partial charge < -0.3 is 10.1 Å². The van der Waals surface area contributed by atoms with Gasteiger partial charge in [-0.25, -0.2) is 9.97 Å². The molecule has 3 rings (SSSR count). The van der Waals surface area contributed by atoms with Gasteiger partial charge in [0.1, 0.15) is 5.75 Å². The van der Waals surface area contributed by atoms with Gasteiger partial charge in [0, 0.05) is 18.0 Å². The topological polar surface area (TPSA) is 47.0 Å². The number of nitrogens with one attached hydrogen (secondary N) is 1. The molecule has 0 atom stereocenters. The summed E-state index contributed by atoms with van der Waals surface area (Å²) in [4.78, 5) is 8.44. The van der Waals surface area contributed by atoms with Crippen LogP contribution < -0.4 is 10.1 Å². The Hall–Kier alpha value is -2.10. The molecule has 0 unspecified atom stereocenters. The zero-order chi connectivity index (χ0) is 12.4. The lowest BCUT2D eigenvalue weighted by Crippen LogP contribution is -2.21. The fourth-order valence-electron chi connectivity index (χ4n) is 2.20. The van der Waals surface area contributed by atoms with E-state index in [1.165, 1.54) is 5.56 Å². The Morgan fingerprint density at radius 1 is 1.11 bits per heavy atom. The zero-order valence-corrected chi connectivity index (χ0v) is 10.3. The highest BCUT2D eigenvalue weighted by molar-refractivity contribution is 5.48. The lowest BCUT2D eigenvalue weighted by molar-refractivity contribution is 0.406. The number of hydrogen-bond donors (Lipinski definition) is 1. The minimum atomic E-state index is -0.0616. The van der Waals surface area contributed by atoms with Crippen LogP contribution in [0.3, 0.4) is 0 Å². The quantitative estimate of drug-likeness (QED) is 0.893. The van der Waals surface area contributed by atoms with Gasteiger partial charge in [-0.15, -0.1) is 0 Å². The summed E-state index contributed by atoms with van der Waals surface area (Å²) < 4.78 is 5.43. The highest BCUT2D eigenvalue weighted by Crippen LogP contribution is 2.50. The summed E-state index contributed by atoms with van der Waals surface area (Å²) in [6, 6.07) is 9.92. The molecule has 92 valence electrons. The predicted molar refractivity (Wildman–Crippen MR) is 69.6 cm³/mol. The Bertz CT molecular complexity index is 538. The van der Waals surface area contributed by atoms with E-state index in [4.69, 9.17) is 4.74 Å². The lowest BCUT2D eigenvalue weighted by Gasteiger charge is -2.20. The predicted octanol–water partition coefficient (Wildman–Crippen LogP) is 2.59. The van der Waals surface area contributed by atoms with E-state index in [2.05, 4.69) is 21.4 Å². The van der Waals surface area contributed by atoms with Crippen molar-refractivity contribution in [2.45, 2.75) is 18.4 Å². The molecule has 2 aromatic rings. The van der Waals surface area contributed by atoms with Crippen molar-refractivity contribution in [3.8, 4) is 5.75 Å². The molecule has 0 saturated heterocycles. The summed E-state index contributed by atoms with van der Waals surface area (Å²) in [5.41, 5.74) is 1.12. The van der Waals surface area contributed by atoms with Crippen LogP contribution in [0.1, 0.15) is 18.4 Å². The van der Waals surface area contributed by atoms with E-state index >= 15 is 0 Å². The van der Waals surface area contributed by atoms with Gasteiger partial charge in [0.2, 0.25) is 5.95 Å². The first-order valence-electron chi connectivity index (χ1n) is 6.03. The monoisotopic (exact) mass is 241 g/mol. The smallest absolute Gasteiger partial charge is 0.223 e. The molecule has 1 aliphatic rings. The first kappa shape index (κ1) is 11.0. The highest BCUT2D eigenvalue weighted by Gasteiger charge is 2.46. The minimum absolute atomic E-state index is 0.0616. The van der Waals surface area contributed by atoms with E-state index < -0.39 is 0 Å². The van der Waals surface area contributed by atoms with E-state index in [1.54, 1.807) is 19.5 Å². The highest BCUT2D eigenvalue weighted by atomic mass is 16.5. The van der Waals surface area contributed by atoms with Crippen molar-refractivity contribution in [2.75, 3.05) is 12.4 Å². The maximum Gasteiger partial charge on any atom is 0.223 e. The molecule has 1 N–H and O–H groups in total. The van der Waals surface area contributed by atoms with Gasteiger partial charge in [0.05, 0.1) is 12.6 Å². The Morgan fingerprint density at radius 2 is 1.83 bits per heavy atom. The average molecular weight is 241 g/mol. The summed E-state index contributed by atoms with van der Waals surface area (Å²) in [6.07, 6.45) is 5.64. The summed E-state index contributed by atoms with van der Waals surface area (Å²) in [5, 5.41) is 3.42. The maximum absolute atomic E-state index is 5.43. The van der Waals surface area contributed by atoms with Gasteiger partial charge in [-0.3, -0.25) is 0 Å². The van der Waals surface area contributed by atoms with Gasteiger partial charge >= 0.3 is 0 Å². The van der Waals surface area contributed by atoms with Crippen LogP contribution in [0.25, 0.3) is 0 Å². The molecule has 4 heteroatoms. The second-order valence-electron chi connectivity index (χ2n) is 4.48. The molecule has 1 aromatic heterocycles. The van der Waals surface area contributed by atoms with Crippen molar-refractivity contribution in [3.63, 3.8) is 0 Å². The number of para-hydroxylation sites is 1. The number of anilines is 1. The first-order valence-corrected chi connectivity index (χ1v) is 6.03. The number of rotatable bonds is 4. The SMILES string of the molecule is COc1ccccc1C1(Nc2ncccn2)CC1. The van der Waals surface area contributed by atoms with Crippen LogP contribution in [-0.2, 0) is 5.54 Å².